The Kier molecular flexibility index (Phi) is 8.17. The van der Waals surface area contributed by atoms with Gasteiger partial charge in [-0.25, -0.2) is 0 Å². The number of primary amides is 1. The third-order valence-electron chi connectivity index (χ3n) is 4.72. The number of amides is 2. The van der Waals surface area contributed by atoms with E-state index >= 15 is 0 Å². The lowest BCUT2D eigenvalue weighted by molar-refractivity contribution is -0.137. The van der Waals surface area contributed by atoms with Crippen molar-refractivity contribution >= 4 is 17.8 Å². The number of carbonyl (C=O) groups excluding carboxylic acids is 2. The third kappa shape index (κ3) is 6.72. The summed E-state index contributed by atoms with van der Waals surface area (Å²) in [7, 11) is 0. The lowest BCUT2D eigenvalue weighted by Gasteiger charge is -2.40. The molecule has 0 aromatic heterocycles. The molecular formula is C18H32N2O4. The zero-order chi connectivity index (χ0) is 19.1. The second-order valence-electron chi connectivity index (χ2n) is 7.77. The summed E-state index contributed by atoms with van der Waals surface area (Å²) in [5.74, 6) is -1.68. The SMILES string of the molecule is C=C[C@H](CCC(C)CC(=O)NC(C)(C(N)=O)C(C)(C)C)CC(=O)O. The molecule has 2 amide bonds. The molecule has 0 saturated carbocycles. The summed E-state index contributed by atoms with van der Waals surface area (Å²) in [6.07, 6.45) is 3.32. The van der Waals surface area contributed by atoms with Crippen molar-refractivity contribution in [1.82, 2.24) is 5.32 Å². The average Bonchev–Trinajstić information content (AvgIpc) is 2.41. The van der Waals surface area contributed by atoms with Crippen LogP contribution in [0, 0.1) is 17.3 Å². The second kappa shape index (κ2) is 8.85. The van der Waals surface area contributed by atoms with Crippen LogP contribution in [-0.4, -0.2) is 28.4 Å². The number of hydrogen-bond donors (Lipinski definition) is 3. The highest BCUT2D eigenvalue weighted by Crippen LogP contribution is 2.30. The maximum absolute atomic E-state index is 12.3. The van der Waals surface area contributed by atoms with Crippen LogP contribution >= 0.6 is 0 Å². The zero-order valence-electron chi connectivity index (χ0n) is 15.5. The van der Waals surface area contributed by atoms with Crippen molar-refractivity contribution in [2.75, 3.05) is 0 Å². The minimum absolute atomic E-state index is 0.0478. The van der Waals surface area contributed by atoms with Gasteiger partial charge in [0, 0.05) is 6.42 Å². The summed E-state index contributed by atoms with van der Waals surface area (Å²) in [5.41, 5.74) is 3.84. The Morgan fingerprint density at radius 1 is 1.17 bits per heavy atom. The van der Waals surface area contributed by atoms with E-state index in [1.165, 1.54) is 0 Å². The van der Waals surface area contributed by atoms with Crippen LogP contribution in [-0.2, 0) is 14.4 Å². The number of carbonyl (C=O) groups is 3. The number of nitrogens with two attached hydrogens (primary N) is 1. The molecule has 0 heterocycles. The third-order valence-corrected chi connectivity index (χ3v) is 4.72. The van der Waals surface area contributed by atoms with Gasteiger partial charge in [-0.05, 0) is 37.0 Å². The molecule has 0 aromatic rings. The number of hydrogen-bond acceptors (Lipinski definition) is 3. The van der Waals surface area contributed by atoms with E-state index in [1.807, 2.05) is 27.7 Å². The molecule has 0 rings (SSSR count). The van der Waals surface area contributed by atoms with Gasteiger partial charge in [0.2, 0.25) is 11.8 Å². The molecule has 0 bridgehead atoms. The molecule has 2 unspecified atom stereocenters. The summed E-state index contributed by atoms with van der Waals surface area (Å²) in [6.45, 7) is 12.8. The predicted octanol–water partition coefficient (Wildman–Crippen LogP) is 2.48. The van der Waals surface area contributed by atoms with Gasteiger partial charge in [-0.2, -0.15) is 0 Å². The van der Waals surface area contributed by atoms with Gasteiger partial charge in [0.1, 0.15) is 5.54 Å². The first-order valence-electron chi connectivity index (χ1n) is 8.28. The normalized spacial score (nSPS) is 16.5. The minimum atomic E-state index is -1.13. The van der Waals surface area contributed by atoms with Gasteiger partial charge in [-0.1, -0.05) is 33.8 Å². The molecule has 0 radical (unpaired) electrons. The van der Waals surface area contributed by atoms with Crippen LogP contribution in [0.25, 0.3) is 0 Å². The van der Waals surface area contributed by atoms with Crippen LogP contribution in [0.15, 0.2) is 12.7 Å². The van der Waals surface area contributed by atoms with Crippen molar-refractivity contribution in [2.24, 2.45) is 23.0 Å². The fraction of sp³-hybridized carbons (Fsp3) is 0.722. The summed E-state index contributed by atoms with van der Waals surface area (Å²) in [6, 6.07) is 0. The van der Waals surface area contributed by atoms with Gasteiger partial charge in [-0.3, -0.25) is 14.4 Å². The summed E-state index contributed by atoms with van der Waals surface area (Å²) in [4.78, 5) is 34.8. The van der Waals surface area contributed by atoms with Gasteiger partial charge in [-0.15, -0.1) is 6.58 Å². The van der Waals surface area contributed by atoms with Crippen LogP contribution in [0.3, 0.4) is 0 Å². The predicted molar refractivity (Wildman–Crippen MR) is 94.2 cm³/mol. The number of rotatable bonds is 10. The van der Waals surface area contributed by atoms with Crippen molar-refractivity contribution in [3.05, 3.63) is 12.7 Å². The first kappa shape index (κ1) is 22.1. The Morgan fingerprint density at radius 3 is 2.08 bits per heavy atom. The largest absolute Gasteiger partial charge is 0.481 e. The van der Waals surface area contributed by atoms with Crippen LogP contribution in [0.2, 0.25) is 0 Å². The molecule has 0 fully saturated rings. The highest BCUT2D eigenvalue weighted by molar-refractivity contribution is 5.90. The van der Waals surface area contributed by atoms with E-state index in [0.717, 1.165) is 0 Å². The molecule has 3 atom stereocenters. The molecule has 0 aliphatic carbocycles. The fourth-order valence-electron chi connectivity index (χ4n) is 2.39. The lowest BCUT2D eigenvalue weighted by Crippen LogP contribution is -2.62. The van der Waals surface area contributed by atoms with Crippen LogP contribution in [0.4, 0.5) is 0 Å². The van der Waals surface area contributed by atoms with E-state index < -0.39 is 22.8 Å². The smallest absolute Gasteiger partial charge is 0.303 e. The molecule has 24 heavy (non-hydrogen) atoms. The van der Waals surface area contributed by atoms with Crippen molar-refractivity contribution in [3.8, 4) is 0 Å². The molecule has 6 nitrogen and oxygen atoms in total. The lowest BCUT2D eigenvalue weighted by atomic mass is 9.74. The Balaban J connectivity index is 4.63. The number of carboxylic acid groups (broad SMARTS) is 1. The van der Waals surface area contributed by atoms with Gasteiger partial charge in [0.15, 0.2) is 0 Å². The van der Waals surface area contributed by atoms with E-state index in [2.05, 4.69) is 11.9 Å². The number of nitrogens with one attached hydrogen (secondary N) is 1. The van der Waals surface area contributed by atoms with E-state index in [1.54, 1.807) is 13.0 Å². The number of carboxylic acids is 1. The molecule has 0 aromatic carbocycles. The first-order valence-corrected chi connectivity index (χ1v) is 8.28. The molecular weight excluding hydrogens is 308 g/mol. The van der Waals surface area contributed by atoms with Crippen molar-refractivity contribution < 1.29 is 19.5 Å². The Hall–Kier alpha value is -1.85. The maximum atomic E-state index is 12.3. The molecule has 0 aliphatic heterocycles. The molecule has 4 N–H and O–H groups in total. The van der Waals surface area contributed by atoms with Gasteiger partial charge >= 0.3 is 5.97 Å². The van der Waals surface area contributed by atoms with E-state index in [-0.39, 0.29) is 30.6 Å². The molecule has 0 spiro atoms. The van der Waals surface area contributed by atoms with Gasteiger partial charge < -0.3 is 16.2 Å². The van der Waals surface area contributed by atoms with Crippen LogP contribution in [0.1, 0.15) is 60.3 Å². The molecule has 0 saturated heterocycles. The van der Waals surface area contributed by atoms with E-state index in [9.17, 15) is 14.4 Å². The minimum Gasteiger partial charge on any atom is -0.481 e. The van der Waals surface area contributed by atoms with Crippen molar-refractivity contribution in [1.29, 1.82) is 0 Å². The van der Waals surface area contributed by atoms with Crippen LogP contribution < -0.4 is 11.1 Å². The Labute approximate surface area is 144 Å². The second-order valence-corrected chi connectivity index (χ2v) is 7.77. The quantitative estimate of drug-likeness (QED) is 0.531. The fourth-order valence-corrected chi connectivity index (χ4v) is 2.39. The van der Waals surface area contributed by atoms with E-state index in [4.69, 9.17) is 10.8 Å². The van der Waals surface area contributed by atoms with Crippen molar-refractivity contribution in [3.63, 3.8) is 0 Å². The monoisotopic (exact) mass is 340 g/mol. The Bertz CT molecular complexity index is 482. The van der Waals surface area contributed by atoms with Gasteiger partial charge in [0.05, 0.1) is 6.42 Å². The topological polar surface area (TPSA) is 109 Å². The standard InChI is InChI=1S/C18H32N2O4/c1-7-13(11-15(22)23)9-8-12(2)10-14(21)20-18(6,16(19)24)17(3,4)5/h7,12-13H,1,8-11H2,2-6H3,(H2,19,24)(H,20,21)(H,22,23)/t12?,13-,18?/m1/s1. The molecule has 0 aliphatic rings. The number of aliphatic carboxylic acids is 1. The first-order chi connectivity index (χ1) is 10.8. The maximum Gasteiger partial charge on any atom is 0.303 e. The average molecular weight is 340 g/mol. The highest BCUT2D eigenvalue weighted by atomic mass is 16.4. The van der Waals surface area contributed by atoms with E-state index in [0.29, 0.717) is 12.8 Å². The summed E-state index contributed by atoms with van der Waals surface area (Å²) in [5, 5.41) is 11.6. The molecule has 6 heteroatoms. The molecule has 138 valence electrons. The Morgan fingerprint density at radius 2 is 1.71 bits per heavy atom. The summed E-state index contributed by atoms with van der Waals surface area (Å²) < 4.78 is 0. The van der Waals surface area contributed by atoms with Crippen LogP contribution in [0.5, 0.6) is 0 Å². The van der Waals surface area contributed by atoms with Gasteiger partial charge in [0.25, 0.3) is 0 Å². The highest BCUT2D eigenvalue weighted by Gasteiger charge is 2.44. The summed E-state index contributed by atoms with van der Waals surface area (Å²) >= 11 is 0. The zero-order valence-corrected chi connectivity index (χ0v) is 15.5. The van der Waals surface area contributed by atoms with Crippen molar-refractivity contribution in [2.45, 2.75) is 65.8 Å². The number of allylic oxidation sites excluding steroid dienone is 1.